The fourth-order valence-electron chi connectivity index (χ4n) is 2.51. The number of hydrogen-bond donors (Lipinski definition) is 2. The SMILES string of the molecule is CC(=O)NCCN(C(=O)CCCc1cccc(C(F)(F)F)c1)C(C)C(=O)O. The Labute approximate surface area is 155 Å². The zero-order chi connectivity index (χ0) is 20.6. The number of aliphatic carboxylic acids is 1. The highest BCUT2D eigenvalue weighted by atomic mass is 19.4. The second kappa shape index (κ2) is 9.94. The summed E-state index contributed by atoms with van der Waals surface area (Å²) in [5.41, 5.74) is -0.295. The van der Waals surface area contributed by atoms with Gasteiger partial charge in [-0.2, -0.15) is 13.2 Å². The highest BCUT2D eigenvalue weighted by Crippen LogP contribution is 2.29. The predicted molar refractivity (Wildman–Crippen MR) is 91.9 cm³/mol. The fraction of sp³-hybridized carbons (Fsp3) is 0.500. The minimum Gasteiger partial charge on any atom is -0.480 e. The maximum atomic E-state index is 12.7. The third-order valence-electron chi connectivity index (χ3n) is 3.98. The molecular weight excluding hydrogens is 365 g/mol. The summed E-state index contributed by atoms with van der Waals surface area (Å²) in [6.07, 6.45) is -3.89. The number of nitrogens with one attached hydrogen (secondary N) is 1. The number of nitrogens with zero attached hydrogens (tertiary/aromatic N) is 1. The van der Waals surface area contributed by atoms with Crippen molar-refractivity contribution >= 4 is 17.8 Å². The number of amides is 2. The van der Waals surface area contributed by atoms with Gasteiger partial charge in [0.05, 0.1) is 5.56 Å². The molecule has 1 aromatic rings. The molecule has 2 N–H and O–H groups in total. The van der Waals surface area contributed by atoms with Crippen LogP contribution in [0, 0.1) is 0 Å². The summed E-state index contributed by atoms with van der Waals surface area (Å²) in [6, 6.07) is 3.81. The largest absolute Gasteiger partial charge is 0.480 e. The van der Waals surface area contributed by atoms with E-state index in [9.17, 15) is 27.6 Å². The molecule has 0 saturated heterocycles. The molecule has 9 heteroatoms. The number of carboxylic acids is 1. The third-order valence-corrected chi connectivity index (χ3v) is 3.98. The summed E-state index contributed by atoms with van der Waals surface area (Å²) in [5.74, 6) is -1.90. The Morgan fingerprint density at radius 2 is 1.93 bits per heavy atom. The Bertz CT molecular complexity index is 677. The number of carbonyl (C=O) groups is 3. The van der Waals surface area contributed by atoms with Crippen LogP contribution in [0.2, 0.25) is 0 Å². The number of hydrogen-bond acceptors (Lipinski definition) is 3. The average Bonchev–Trinajstić information content (AvgIpc) is 2.57. The summed E-state index contributed by atoms with van der Waals surface area (Å²) < 4.78 is 38.2. The van der Waals surface area contributed by atoms with Gasteiger partial charge in [-0.15, -0.1) is 0 Å². The monoisotopic (exact) mass is 388 g/mol. The van der Waals surface area contributed by atoms with Crippen LogP contribution in [-0.4, -0.2) is 46.9 Å². The number of carboxylic acid groups (broad SMARTS) is 1. The first-order chi connectivity index (χ1) is 12.5. The maximum Gasteiger partial charge on any atom is 0.416 e. The highest BCUT2D eigenvalue weighted by Gasteiger charge is 2.30. The minimum atomic E-state index is -4.43. The highest BCUT2D eigenvalue weighted by molar-refractivity contribution is 5.83. The Balaban J connectivity index is 2.65. The molecule has 0 aromatic heterocycles. The van der Waals surface area contributed by atoms with Gasteiger partial charge in [-0.25, -0.2) is 4.79 Å². The first-order valence-electron chi connectivity index (χ1n) is 8.45. The van der Waals surface area contributed by atoms with Gasteiger partial charge in [0.1, 0.15) is 6.04 Å². The summed E-state index contributed by atoms with van der Waals surface area (Å²) in [7, 11) is 0. The van der Waals surface area contributed by atoms with Gasteiger partial charge in [0.15, 0.2) is 0 Å². The van der Waals surface area contributed by atoms with Crippen LogP contribution >= 0.6 is 0 Å². The molecule has 0 aliphatic carbocycles. The van der Waals surface area contributed by atoms with E-state index in [-0.39, 0.29) is 38.3 Å². The first kappa shape index (κ1) is 22.5. The lowest BCUT2D eigenvalue weighted by molar-refractivity contribution is -0.149. The van der Waals surface area contributed by atoms with Gasteiger partial charge in [0.25, 0.3) is 0 Å². The molecule has 1 atom stereocenters. The normalized spacial score (nSPS) is 12.3. The van der Waals surface area contributed by atoms with E-state index in [0.29, 0.717) is 5.56 Å². The lowest BCUT2D eigenvalue weighted by atomic mass is 10.0. The van der Waals surface area contributed by atoms with Crippen molar-refractivity contribution in [2.75, 3.05) is 13.1 Å². The van der Waals surface area contributed by atoms with E-state index in [1.165, 1.54) is 19.9 Å². The molecule has 2 amide bonds. The average molecular weight is 388 g/mol. The molecule has 0 bridgehead atoms. The molecule has 1 rings (SSSR count). The van der Waals surface area contributed by atoms with Crippen molar-refractivity contribution in [3.63, 3.8) is 0 Å². The zero-order valence-corrected chi connectivity index (χ0v) is 15.2. The van der Waals surface area contributed by atoms with Crippen molar-refractivity contribution < 1.29 is 32.7 Å². The molecule has 27 heavy (non-hydrogen) atoms. The summed E-state index contributed by atoms with van der Waals surface area (Å²) in [6.45, 7) is 2.82. The van der Waals surface area contributed by atoms with Crippen LogP contribution in [0.15, 0.2) is 24.3 Å². The molecule has 0 aliphatic heterocycles. The van der Waals surface area contributed by atoms with Crippen LogP contribution in [0.25, 0.3) is 0 Å². The topological polar surface area (TPSA) is 86.7 Å². The van der Waals surface area contributed by atoms with Gasteiger partial charge in [-0.05, 0) is 31.4 Å². The quantitative estimate of drug-likeness (QED) is 0.680. The van der Waals surface area contributed by atoms with Crippen molar-refractivity contribution in [3.05, 3.63) is 35.4 Å². The van der Waals surface area contributed by atoms with Crippen molar-refractivity contribution in [2.45, 2.75) is 45.3 Å². The second-order valence-corrected chi connectivity index (χ2v) is 6.14. The Kier molecular flexibility index (Phi) is 8.27. The van der Waals surface area contributed by atoms with Crippen LogP contribution in [-0.2, 0) is 27.0 Å². The summed E-state index contributed by atoms with van der Waals surface area (Å²) >= 11 is 0. The van der Waals surface area contributed by atoms with Crippen LogP contribution in [0.1, 0.15) is 37.8 Å². The van der Waals surface area contributed by atoms with Crippen LogP contribution in [0.5, 0.6) is 0 Å². The minimum absolute atomic E-state index is 0.00601. The van der Waals surface area contributed by atoms with Crippen LogP contribution in [0.3, 0.4) is 0 Å². The lowest BCUT2D eigenvalue weighted by Gasteiger charge is -2.26. The van der Waals surface area contributed by atoms with E-state index in [2.05, 4.69) is 5.32 Å². The Morgan fingerprint density at radius 1 is 1.26 bits per heavy atom. The maximum absolute atomic E-state index is 12.7. The number of alkyl halides is 3. The molecule has 0 fully saturated rings. The van der Waals surface area contributed by atoms with Gasteiger partial charge in [0.2, 0.25) is 11.8 Å². The lowest BCUT2D eigenvalue weighted by Crippen LogP contribution is -2.46. The number of benzene rings is 1. The second-order valence-electron chi connectivity index (χ2n) is 6.14. The Morgan fingerprint density at radius 3 is 2.48 bits per heavy atom. The van der Waals surface area contributed by atoms with Gasteiger partial charge in [-0.3, -0.25) is 9.59 Å². The standard InChI is InChI=1S/C18H23F3N2O4/c1-12(17(26)27)23(10-9-22-13(2)24)16(25)8-4-6-14-5-3-7-15(11-14)18(19,20)21/h3,5,7,11-12H,4,6,8-10H2,1-2H3,(H,22,24)(H,26,27). The molecule has 0 heterocycles. The molecule has 0 saturated carbocycles. The van der Waals surface area contributed by atoms with Crippen molar-refractivity contribution in [1.82, 2.24) is 10.2 Å². The summed E-state index contributed by atoms with van der Waals surface area (Å²) in [4.78, 5) is 35.6. The van der Waals surface area contributed by atoms with E-state index in [0.717, 1.165) is 17.0 Å². The molecule has 0 spiro atoms. The smallest absolute Gasteiger partial charge is 0.416 e. The van der Waals surface area contributed by atoms with E-state index in [1.54, 1.807) is 6.07 Å². The number of rotatable bonds is 9. The molecule has 0 radical (unpaired) electrons. The van der Waals surface area contributed by atoms with Crippen molar-refractivity contribution in [2.24, 2.45) is 0 Å². The molecule has 150 valence electrons. The van der Waals surface area contributed by atoms with Gasteiger partial charge in [0, 0.05) is 26.4 Å². The molecule has 6 nitrogen and oxygen atoms in total. The van der Waals surface area contributed by atoms with Gasteiger partial charge < -0.3 is 15.3 Å². The van der Waals surface area contributed by atoms with Crippen molar-refractivity contribution in [1.29, 1.82) is 0 Å². The molecular formula is C18H23F3N2O4. The van der Waals surface area contributed by atoms with Gasteiger partial charge >= 0.3 is 12.1 Å². The van der Waals surface area contributed by atoms with Gasteiger partial charge in [-0.1, -0.05) is 18.2 Å². The zero-order valence-electron chi connectivity index (χ0n) is 15.2. The number of halogens is 3. The third kappa shape index (κ3) is 7.67. The molecule has 0 aliphatic rings. The molecule has 1 unspecified atom stereocenters. The Hall–Kier alpha value is -2.58. The number of carbonyl (C=O) groups excluding carboxylic acids is 2. The fourth-order valence-corrected chi connectivity index (χ4v) is 2.51. The van der Waals surface area contributed by atoms with E-state index >= 15 is 0 Å². The van der Waals surface area contributed by atoms with Crippen molar-refractivity contribution in [3.8, 4) is 0 Å². The van der Waals surface area contributed by atoms with Crippen LogP contribution < -0.4 is 5.32 Å². The van der Waals surface area contributed by atoms with Crippen LogP contribution in [0.4, 0.5) is 13.2 Å². The summed E-state index contributed by atoms with van der Waals surface area (Å²) in [5, 5.41) is 11.6. The number of aryl methyl sites for hydroxylation is 1. The van der Waals surface area contributed by atoms with E-state index in [1.807, 2.05) is 0 Å². The first-order valence-corrected chi connectivity index (χ1v) is 8.45. The van der Waals surface area contributed by atoms with E-state index in [4.69, 9.17) is 5.11 Å². The predicted octanol–water partition coefficient (Wildman–Crippen LogP) is 2.47. The van der Waals surface area contributed by atoms with E-state index < -0.39 is 29.7 Å². The molecule has 1 aromatic carbocycles.